The van der Waals surface area contributed by atoms with E-state index in [2.05, 4.69) is 46.1 Å². The van der Waals surface area contributed by atoms with Gasteiger partial charge in [-0.25, -0.2) is 4.98 Å². The fraction of sp³-hybridized carbons (Fsp3) is 0.357. The number of benzene rings is 1. The van der Waals surface area contributed by atoms with Crippen LogP contribution < -0.4 is 5.32 Å². The molecule has 1 fully saturated rings. The molecule has 1 aromatic heterocycles. The zero-order chi connectivity index (χ0) is 11.7. The molecule has 0 radical (unpaired) electrons. The second kappa shape index (κ2) is 4.24. The van der Waals surface area contributed by atoms with Gasteiger partial charge < -0.3 is 9.88 Å². The van der Waals surface area contributed by atoms with Gasteiger partial charge in [0.15, 0.2) is 0 Å². The number of hydrogen-bond acceptors (Lipinski definition) is 2. The molecule has 3 heteroatoms. The van der Waals surface area contributed by atoms with Gasteiger partial charge in [0.25, 0.3) is 0 Å². The molecule has 0 spiro atoms. The molecule has 0 amide bonds. The van der Waals surface area contributed by atoms with E-state index in [9.17, 15) is 0 Å². The van der Waals surface area contributed by atoms with Gasteiger partial charge in [0.1, 0.15) is 0 Å². The first-order valence-electron chi connectivity index (χ1n) is 6.14. The highest BCUT2D eigenvalue weighted by atomic mass is 15.1. The zero-order valence-electron chi connectivity index (χ0n) is 10.1. The molecule has 88 valence electrons. The van der Waals surface area contributed by atoms with Crippen LogP contribution in [-0.4, -0.2) is 9.55 Å². The zero-order valence-corrected chi connectivity index (χ0v) is 10.1. The number of anilines is 1. The van der Waals surface area contributed by atoms with Crippen LogP contribution in [-0.2, 0) is 6.54 Å². The second-order valence-corrected chi connectivity index (χ2v) is 4.75. The lowest BCUT2D eigenvalue weighted by Gasteiger charge is -2.09. The molecule has 3 nitrogen and oxygen atoms in total. The number of rotatable bonds is 4. The van der Waals surface area contributed by atoms with Crippen molar-refractivity contribution >= 4 is 5.69 Å². The average Bonchev–Trinajstić information content (AvgIpc) is 3.06. The maximum atomic E-state index is 4.24. The minimum atomic E-state index is 0.701. The minimum Gasteiger partial charge on any atom is -0.379 e. The summed E-state index contributed by atoms with van der Waals surface area (Å²) in [4.78, 5) is 4.24. The molecule has 17 heavy (non-hydrogen) atoms. The molecule has 0 unspecified atom stereocenters. The number of nitrogens with zero attached hydrogens (tertiary/aromatic N) is 2. The van der Waals surface area contributed by atoms with Crippen LogP contribution >= 0.6 is 0 Å². The van der Waals surface area contributed by atoms with E-state index in [1.54, 1.807) is 0 Å². The summed E-state index contributed by atoms with van der Waals surface area (Å²) in [7, 11) is 0. The molecule has 1 saturated carbocycles. The Hall–Kier alpha value is -1.77. The first kappa shape index (κ1) is 10.4. The van der Waals surface area contributed by atoms with Crippen molar-refractivity contribution in [2.45, 2.75) is 32.4 Å². The summed E-state index contributed by atoms with van der Waals surface area (Å²) in [6.07, 6.45) is 6.51. The summed E-state index contributed by atoms with van der Waals surface area (Å²) in [6, 6.07) is 9.16. The highest BCUT2D eigenvalue weighted by Gasteiger charge is 2.24. The van der Waals surface area contributed by atoms with E-state index in [4.69, 9.17) is 0 Å². The second-order valence-electron chi connectivity index (χ2n) is 4.75. The number of hydrogen-bond donors (Lipinski definition) is 1. The number of aromatic nitrogens is 2. The lowest BCUT2D eigenvalue weighted by atomic mass is 10.2. The summed E-state index contributed by atoms with van der Waals surface area (Å²) in [5.41, 5.74) is 3.73. The largest absolute Gasteiger partial charge is 0.379 e. The maximum absolute atomic E-state index is 4.24. The number of imidazole rings is 1. The van der Waals surface area contributed by atoms with Crippen LogP contribution in [0.2, 0.25) is 0 Å². The van der Waals surface area contributed by atoms with Crippen molar-refractivity contribution < 1.29 is 0 Å². The van der Waals surface area contributed by atoms with Gasteiger partial charge >= 0.3 is 0 Å². The van der Waals surface area contributed by atoms with Crippen LogP contribution in [0.15, 0.2) is 36.8 Å². The van der Waals surface area contributed by atoms with E-state index < -0.39 is 0 Å². The summed E-state index contributed by atoms with van der Waals surface area (Å²) in [6.45, 7) is 2.96. The molecule has 0 atom stereocenters. The van der Waals surface area contributed by atoms with E-state index in [0.29, 0.717) is 6.04 Å². The normalized spacial score (nSPS) is 14.9. The lowest BCUT2D eigenvalue weighted by molar-refractivity contribution is 0.701. The highest BCUT2D eigenvalue weighted by molar-refractivity contribution is 5.45. The molecule has 1 aliphatic carbocycles. The molecule has 0 saturated heterocycles. The Morgan fingerprint density at radius 1 is 1.41 bits per heavy atom. The molecule has 0 bridgehead atoms. The molecular formula is C14H17N3. The fourth-order valence-corrected chi connectivity index (χ4v) is 2.10. The molecule has 0 aliphatic heterocycles. The summed E-state index contributed by atoms with van der Waals surface area (Å²) in [5, 5.41) is 3.45. The minimum absolute atomic E-state index is 0.701. The first-order valence-corrected chi connectivity index (χ1v) is 6.14. The predicted molar refractivity (Wildman–Crippen MR) is 69.0 cm³/mol. The van der Waals surface area contributed by atoms with E-state index in [-0.39, 0.29) is 0 Å². The monoisotopic (exact) mass is 227 g/mol. The third-order valence-corrected chi connectivity index (χ3v) is 3.18. The van der Waals surface area contributed by atoms with Crippen molar-refractivity contribution in [2.24, 2.45) is 0 Å². The first-order chi connectivity index (χ1) is 8.33. The van der Waals surface area contributed by atoms with E-state index in [1.807, 2.05) is 12.5 Å². The van der Waals surface area contributed by atoms with Gasteiger partial charge in [0.2, 0.25) is 0 Å². The SMILES string of the molecule is Cc1cccc(NCc2cncn2C2CC2)c1. The van der Waals surface area contributed by atoms with Crippen molar-refractivity contribution in [2.75, 3.05) is 5.32 Å². The molecule has 3 rings (SSSR count). The van der Waals surface area contributed by atoms with Crippen molar-refractivity contribution in [3.8, 4) is 0 Å². The smallest absolute Gasteiger partial charge is 0.0951 e. The maximum Gasteiger partial charge on any atom is 0.0951 e. The Bertz CT molecular complexity index is 512. The topological polar surface area (TPSA) is 29.9 Å². The Labute approximate surface area is 101 Å². The molecule has 1 N–H and O–H groups in total. The van der Waals surface area contributed by atoms with Crippen LogP contribution in [0.1, 0.15) is 30.1 Å². The quantitative estimate of drug-likeness (QED) is 0.869. The van der Waals surface area contributed by atoms with Gasteiger partial charge in [-0.1, -0.05) is 12.1 Å². The molecule has 1 heterocycles. The Balaban J connectivity index is 1.69. The molecular weight excluding hydrogens is 210 g/mol. The molecule has 1 aromatic carbocycles. The highest BCUT2D eigenvalue weighted by Crippen LogP contribution is 2.35. The van der Waals surface area contributed by atoms with Gasteiger partial charge in [-0.05, 0) is 37.5 Å². The number of nitrogens with one attached hydrogen (secondary N) is 1. The average molecular weight is 227 g/mol. The fourth-order valence-electron chi connectivity index (χ4n) is 2.10. The molecule has 1 aliphatic rings. The number of aryl methyl sites for hydroxylation is 1. The van der Waals surface area contributed by atoms with Crippen LogP contribution in [0.5, 0.6) is 0 Å². The summed E-state index contributed by atoms with van der Waals surface area (Å²) >= 11 is 0. The standard InChI is InChI=1S/C14H17N3/c1-11-3-2-4-12(7-11)16-9-14-8-15-10-17(14)13-5-6-13/h2-4,7-8,10,13,16H,5-6,9H2,1H3. The lowest BCUT2D eigenvalue weighted by Crippen LogP contribution is -2.05. The van der Waals surface area contributed by atoms with Gasteiger partial charge in [-0.2, -0.15) is 0 Å². The van der Waals surface area contributed by atoms with E-state index in [1.165, 1.54) is 29.8 Å². The van der Waals surface area contributed by atoms with Crippen LogP contribution in [0, 0.1) is 6.92 Å². The third kappa shape index (κ3) is 2.33. The Morgan fingerprint density at radius 3 is 3.06 bits per heavy atom. The molecule has 2 aromatic rings. The van der Waals surface area contributed by atoms with Crippen LogP contribution in [0.25, 0.3) is 0 Å². The Morgan fingerprint density at radius 2 is 2.29 bits per heavy atom. The van der Waals surface area contributed by atoms with Crippen LogP contribution in [0.4, 0.5) is 5.69 Å². The van der Waals surface area contributed by atoms with Gasteiger partial charge in [0.05, 0.1) is 18.6 Å². The van der Waals surface area contributed by atoms with Gasteiger partial charge in [-0.3, -0.25) is 0 Å². The summed E-state index contributed by atoms with van der Waals surface area (Å²) < 4.78 is 2.29. The van der Waals surface area contributed by atoms with Crippen molar-refractivity contribution in [1.29, 1.82) is 0 Å². The third-order valence-electron chi connectivity index (χ3n) is 3.18. The van der Waals surface area contributed by atoms with Gasteiger partial charge in [-0.15, -0.1) is 0 Å². The van der Waals surface area contributed by atoms with E-state index >= 15 is 0 Å². The van der Waals surface area contributed by atoms with Crippen molar-refractivity contribution in [3.63, 3.8) is 0 Å². The van der Waals surface area contributed by atoms with E-state index in [0.717, 1.165) is 6.54 Å². The van der Waals surface area contributed by atoms with Gasteiger partial charge in [0, 0.05) is 17.9 Å². The van der Waals surface area contributed by atoms with Crippen molar-refractivity contribution in [3.05, 3.63) is 48.0 Å². The summed E-state index contributed by atoms with van der Waals surface area (Å²) in [5.74, 6) is 0. The van der Waals surface area contributed by atoms with Crippen LogP contribution in [0.3, 0.4) is 0 Å². The van der Waals surface area contributed by atoms with Crippen molar-refractivity contribution in [1.82, 2.24) is 9.55 Å². The Kier molecular flexibility index (Phi) is 2.59. The predicted octanol–water partition coefficient (Wildman–Crippen LogP) is 3.14.